The molecule has 23 heavy (non-hydrogen) atoms. The summed E-state index contributed by atoms with van der Waals surface area (Å²) >= 11 is 0. The lowest BCUT2D eigenvalue weighted by atomic mass is 10.1. The minimum absolute atomic E-state index is 0.426. The fourth-order valence-corrected chi connectivity index (χ4v) is 2.37. The van der Waals surface area contributed by atoms with Crippen molar-refractivity contribution in [1.82, 2.24) is 0 Å². The van der Waals surface area contributed by atoms with Crippen LogP contribution in [0.25, 0.3) is 0 Å². The number of rotatable bonds is 14. The third kappa shape index (κ3) is 9.95. The van der Waals surface area contributed by atoms with Gasteiger partial charge in [0.2, 0.25) is 5.91 Å². The standard InChI is InChI=1S/C19H31NO3/c1-2-3-4-5-6-7-8-9-14-22-15-16-23-18-12-10-17(11-13-18)19(20)21/h10-13H,2-9,14-16H2,1H3,(H2,20,21). The van der Waals surface area contributed by atoms with Gasteiger partial charge >= 0.3 is 0 Å². The smallest absolute Gasteiger partial charge is 0.248 e. The van der Waals surface area contributed by atoms with E-state index in [1.165, 1.54) is 44.9 Å². The van der Waals surface area contributed by atoms with Gasteiger partial charge in [-0.25, -0.2) is 0 Å². The van der Waals surface area contributed by atoms with Crippen LogP contribution in [0.1, 0.15) is 68.6 Å². The first kappa shape index (κ1) is 19.5. The second-order valence-electron chi connectivity index (χ2n) is 5.82. The Morgan fingerprint density at radius 1 is 0.870 bits per heavy atom. The van der Waals surface area contributed by atoms with Crippen LogP contribution >= 0.6 is 0 Å². The monoisotopic (exact) mass is 321 g/mol. The van der Waals surface area contributed by atoms with Crippen molar-refractivity contribution in [2.24, 2.45) is 5.73 Å². The quantitative estimate of drug-likeness (QED) is 0.519. The van der Waals surface area contributed by atoms with Crippen LogP contribution in [0.2, 0.25) is 0 Å². The molecular weight excluding hydrogens is 290 g/mol. The number of ether oxygens (including phenoxy) is 2. The molecule has 0 unspecified atom stereocenters. The van der Waals surface area contributed by atoms with Crippen molar-refractivity contribution in [2.45, 2.75) is 58.3 Å². The van der Waals surface area contributed by atoms with Gasteiger partial charge in [0.1, 0.15) is 12.4 Å². The van der Waals surface area contributed by atoms with E-state index in [0.717, 1.165) is 18.8 Å². The number of amides is 1. The molecule has 0 aliphatic carbocycles. The van der Waals surface area contributed by atoms with E-state index in [0.29, 0.717) is 18.8 Å². The maximum absolute atomic E-state index is 10.9. The van der Waals surface area contributed by atoms with Crippen molar-refractivity contribution in [1.29, 1.82) is 0 Å². The van der Waals surface area contributed by atoms with E-state index in [9.17, 15) is 4.79 Å². The molecule has 0 fully saturated rings. The van der Waals surface area contributed by atoms with E-state index in [2.05, 4.69) is 6.92 Å². The van der Waals surface area contributed by atoms with Crippen molar-refractivity contribution in [3.8, 4) is 5.75 Å². The molecule has 0 heterocycles. The summed E-state index contributed by atoms with van der Waals surface area (Å²) in [6.07, 6.45) is 10.5. The number of carbonyl (C=O) groups is 1. The van der Waals surface area contributed by atoms with Gasteiger partial charge in [0.25, 0.3) is 0 Å². The average molecular weight is 321 g/mol. The van der Waals surface area contributed by atoms with Crippen LogP contribution in [0, 0.1) is 0 Å². The molecule has 0 radical (unpaired) electrons. The highest BCUT2D eigenvalue weighted by Crippen LogP contribution is 2.12. The van der Waals surface area contributed by atoms with Crippen LogP contribution in [-0.4, -0.2) is 25.7 Å². The second kappa shape index (κ2) is 12.9. The van der Waals surface area contributed by atoms with Gasteiger partial charge in [0.15, 0.2) is 0 Å². The maximum atomic E-state index is 10.9. The predicted molar refractivity (Wildman–Crippen MR) is 93.9 cm³/mol. The van der Waals surface area contributed by atoms with Gasteiger partial charge in [0.05, 0.1) is 6.61 Å². The van der Waals surface area contributed by atoms with Crippen LogP contribution in [0.15, 0.2) is 24.3 Å². The van der Waals surface area contributed by atoms with Gasteiger partial charge < -0.3 is 15.2 Å². The molecule has 2 N–H and O–H groups in total. The Balaban J connectivity index is 1.90. The summed E-state index contributed by atoms with van der Waals surface area (Å²) in [7, 11) is 0. The third-order valence-electron chi connectivity index (χ3n) is 3.78. The fraction of sp³-hybridized carbons (Fsp3) is 0.632. The van der Waals surface area contributed by atoms with Crippen molar-refractivity contribution < 1.29 is 14.3 Å². The molecule has 0 aliphatic heterocycles. The molecule has 1 aromatic rings. The zero-order valence-electron chi connectivity index (χ0n) is 14.4. The summed E-state index contributed by atoms with van der Waals surface area (Å²) in [5.74, 6) is 0.302. The molecule has 0 aromatic heterocycles. The molecule has 0 saturated heterocycles. The SMILES string of the molecule is CCCCCCCCCCOCCOc1ccc(C(N)=O)cc1. The first-order valence-electron chi connectivity index (χ1n) is 8.84. The van der Waals surface area contributed by atoms with Gasteiger partial charge in [-0.05, 0) is 30.7 Å². The summed E-state index contributed by atoms with van der Waals surface area (Å²) in [6, 6.07) is 6.83. The molecule has 4 nitrogen and oxygen atoms in total. The van der Waals surface area contributed by atoms with E-state index in [-0.39, 0.29) is 0 Å². The number of carbonyl (C=O) groups excluding carboxylic acids is 1. The van der Waals surface area contributed by atoms with Gasteiger partial charge in [-0.3, -0.25) is 4.79 Å². The lowest BCUT2D eigenvalue weighted by Crippen LogP contribution is -2.11. The van der Waals surface area contributed by atoms with E-state index in [1.54, 1.807) is 24.3 Å². The zero-order chi connectivity index (χ0) is 16.8. The average Bonchev–Trinajstić information content (AvgIpc) is 2.56. The molecule has 0 atom stereocenters. The number of hydrogen-bond acceptors (Lipinski definition) is 3. The Morgan fingerprint density at radius 3 is 2.09 bits per heavy atom. The number of hydrogen-bond donors (Lipinski definition) is 1. The molecule has 1 aromatic carbocycles. The van der Waals surface area contributed by atoms with Gasteiger partial charge in [-0.2, -0.15) is 0 Å². The summed E-state index contributed by atoms with van der Waals surface area (Å²) in [5, 5.41) is 0. The largest absolute Gasteiger partial charge is 0.491 e. The molecule has 130 valence electrons. The van der Waals surface area contributed by atoms with Crippen LogP contribution in [0.5, 0.6) is 5.75 Å². The number of primary amides is 1. The molecule has 4 heteroatoms. The van der Waals surface area contributed by atoms with Crippen molar-refractivity contribution in [2.75, 3.05) is 19.8 Å². The van der Waals surface area contributed by atoms with Crippen molar-refractivity contribution >= 4 is 5.91 Å². The lowest BCUT2D eigenvalue weighted by Gasteiger charge is -2.07. The molecule has 0 aliphatic rings. The second-order valence-corrected chi connectivity index (χ2v) is 5.82. The molecule has 0 spiro atoms. The number of nitrogens with two attached hydrogens (primary N) is 1. The van der Waals surface area contributed by atoms with Gasteiger partial charge in [-0.15, -0.1) is 0 Å². The Morgan fingerprint density at radius 2 is 1.48 bits per heavy atom. The minimum atomic E-state index is -0.426. The Labute approximate surface area is 140 Å². The van der Waals surface area contributed by atoms with E-state index < -0.39 is 5.91 Å². The van der Waals surface area contributed by atoms with Crippen LogP contribution < -0.4 is 10.5 Å². The summed E-state index contributed by atoms with van der Waals surface area (Å²) < 4.78 is 11.1. The Hall–Kier alpha value is -1.55. The summed E-state index contributed by atoms with van der Waals surface area (Å²) in [6.45, 7) is 4.16. The van der Waals surface area contributed by atoms with E-state index in [4.69, 9.17) is 15.2 Å². The number of unbranched alkanes of at least 4 members (excludes halogenated alkanes) is 7. The topological polar surface area (TPSA) is 61.6 Å². The molecule has 1 amide bonds. The summed E-state index contributed by atoms with van der Waals surface area (Å²) in [5.41, 5.74) is 5.67. The summed E-state index contributed by atoms with van der Waals surface area (Å²) in [4.78, 5) is 10.9. The van der Waals surface area contributed by atoms with E-state index >= 15 is 0 Å². The van der Waals surface area contributed by atoms with Crippen molar-refractivity contribution in [3.63, 3.8) is 0 Å². The minimum Gasteiger partial charge on any atom is -0.491 e. The highest BCUT2D eigenvalue weighted by molar-refractivity contribution is 5.92. The highest BCUT2D eigenvalue weighted by atomic mass is 16.5. The third-order valence-corrected chi connectivity index (χ3v) is 3.78. The Bertz CT molecular complexity index is 417. The fourth-order valence-electron chi connectivity index (χ4n) is 2.37. The Kier molecular flexibility index (Phi) is 11.0. The predicted octanol–water partition coefficient (Wildman–Crippen LogP) is 4.32. The molecule has 0 saturated carbocycles. The zero-order valence-corrected chi connectivity index (χ0v) is 14.4. The van der Waals surface area contributed by atoms with Gasteiger partial charge in [-0.1, -0.05) is 51.9 Å². The first-order chi connectivity index (χ1) is 11.2. The van der Waals surface area contributed by atoms with Gasteiger partial charge in [0, 0.05) is 12.2 Å². The first-order valence-corrected chi connectivity index (χ1v) is 8.84. The molecule has 0 bridgehead atoms. The normalized spacial score (nSPS) is 10.7. The molecule has 1 rings (SSSR count). The van der Waals surface area contributed by atoms with Crippen molar-refractivity contribution in [3.05, 3.63) is 29.8 Å². The number of benzene rings is 1. The van der Waals surface area contributed by atoms with Crippen LogP contribution in [-0.2, 0) is 4.74 Å². The maximum Gasteiger partial charge on any atom is 0.248 e. The molecular formula is C19H31NO3. The van der Waals surface area contributed by atoms with Crippen LogP contribution in [0.4, 0.5) is 0 Å². The highest BCUT2D eigenvalue weighted by Gasteiger charge is 2.00. The van der Waals surface area contributed by atoms with Crippen LogP contribution in [0.3, 0.4) is 0 Å². The lowest BCUT2D eigenvalue weighted by molar-refractivity contribution is 0.0969. The van der Waals surface area contributed by atoms with E-state index in [1.807, 2.05) is 0 Å².